The van der Waals surface area contributed by atoms with Gasteiger partial charge in [-0.25, -0.2) is 0 Å². The van der Waals surface area contributed by atoms with Gasteiger partial charge < -0.3 is 10.5 Å². The third kappa shape index (κ3) is 3.55. The zero-order valence-corrected chi connectivity index (χ0v) is 10.5. The predicted molar refractivity (Wildman–Crippen MR) is 65.5 cm³/mol. The van der Waals surface area contributed by atoms with Crippen LogP contribution in [0.15, 0.2) is 22.7 Å². The summed E-state index contributed by atoms with van der Waals surface area (Å²) in [5.41, 5.74) is 6.09. The molecule has 0 aliphatic heterocycles. The van der Waals surface area contributed by atoms with E-state index in [1.54, 1.807) is 6.07 Å². The van der Waals surface area contributed by atoms with E-state index in [2.05, 4.69) is 29.8 Å². The van der Waals surface area contributed by atoms with Crippen LogP contribution in [0.2, 0.25) is 0 Å². The molecule has 4 heteroatoms. The van der Waals surface area contributed by atoms with Crippen molar-refractivity contribution in [1.82, 2.24) is 0 Å². The van der Waals surface area contributed by atoms with E-state index < -0.39 is 0 Å². The van der Waals surface area contributed by atoms with Gasteiger partial charge in [0, 0.05) is 10.0 Å². The molecule has 0 atom stereocenters. The first kappa shape index (κ1) is 12.0. The maximum Gasteiger partial charge on any atom is 0.123 e. The molecule has 0 fully saturated rings. The second-order valence-corrected chi connectivity index (χ2v) is 4.61. The van der Waals surface area contributed by atoms with Gasteiger partial charge >= 0.3 is 0 Å². The first-order valence-electron chi connectivity index (χ1n) is 4.77. The van der Waals surface area contributed by atoms with Crippen LogP contribution < -0.4 is 10.5 Å². The summed E-state index contributed by atoms with van der Waals surface area (Å²) in [6, 6.07) is 5.44. The fraction of sp³-hybridized carbons (Fsp3) is 0.364. The molecule has 3 N–H and O–H groups in total. The number of amidine groups is 1. The second kappa shape index (κ2) is 5.16. The van der Waals surface area contributed by atoms with E-state index in [0.29, 0.717) is 18.1 Å². The van der Waals surface area contributed by atoms with E-state index in [4.69, 9.17) is 15.9 Å². The third-order valence-electron chi connectivity index (χ3n) is 1.81. The summed E-state index contributed by atoms with van der Waals surface area (Å²) < 4.78 is 6.33. The number of ether oxygens (including phenoxy) is 1. The Kier molecular flexibility index (Phi) is 4.15. The number of nitrogen functional groups attached to an aromatic ring is 1. The highest BCUT2D eigenvalue weighted by Gasteiger charge is 2.05. The number of nitrogens with one attached hydrogen (secondary N) is 1. The van der Waals surface area contributed by atoms with Crippen LogP contribution in [0, 0.1) is 11.3 Å². The normalized spacial score (nSPS) is 10.4. The van der Waals surface area contributed by atoms with Gasteiger partial charge in [0.2, 0.25) is 0 Å². The molecule has 0 aromatic heterocycles. The standard InChI is InChI=1S/C11H15BrN2O/c1-7(2)6-15-8-3-4-9(11(13)14)10(12)5-8/h3-5,7H,6H2,1-2H3,(H3,13,14). The van der Waals surface area contributed by atoms with Crippen molar-refractivity contribution in [2.24, 2.45) is 11.7 Å². The minimum Gasteiger partial charge on any atom is -0.493 e. The lowest BCUT2D eigenvalue weighted by Gasteiger charge is -2.10. The molecule has 0 radical (unpaired) electrons. The zero-order valence-electron chi connectivity index (χ0n) is 8.88. The molecule has 0 saturated heterocycles. The van der Waals surface area contributed by atoms with E-state index in [1.165, 1.54) is 0 Å². The number of rotatable bonds is 4. The molecule has 1 rings (SSSR count). The van der Waals surface area contributed by atoms with Crippen LogP contribution in [0.3, 0.4) is 0 Å². The van der Waals surface area contributed by atoms with E-state index in [9.17, 15) is 0 Å². The maximum atomic E-state index is 7.32. The molecule has 0 bridgehead atoms. The monoisotopic (exact) mass is 270 g/mol. The van der Waals surface area contributed by atoms with Crippen molar-refractivity contribution in [3.63, 3.8) is 0 Å². The van der Waals surface area contributed by atoms with Crippen LogP contribution in [0.25, 0.3) is 0 Å². The van der Waals surface area contributed by atoms with Crippen molar-refractivity contribution in [1.29, 1.82) is 5.41 Å². The molecule has 1 aromatic rings. The first-order valence-corrected chi connectivity index (χ1v) is 5.56. The van der Waals surface area contributed by atoms with Gasteiger partial charge in [0.25, 0.3) is 0 Å². The summed E-state index contributed by atoms with van der Waals surface area (Å²) in [5.74, 6) is 1.34. The predicted octanol–water partition coefficient (Wildman–Crippen LogP) is 2.77. The second-order valence-electron chi connectivity index (χ2n) is 3.76. The Labute approximate surface area is 98.3 Å². The molecule has 15 heavy (non-hydrogen) atoms. The van der Waals surface area contributed by atoms with Crippen LogP contribution in [-0.4, -0.2) is 12.4 Å². The number of halogens is 1. The Morgan fingerprint density at radius 1 is 1.53 bits per heavy atom. The van der Waals surface area contributed by atoms with Gasteiger partial charge in [0.05, 0.1) is 6.61 Å². The minimum atomic E-state index is 0.0530. The lowest BCUT2D eigenvalue weighted by atomic mass is 10.2. The van der Waals surface area contributed by atoms with Gasteiger partial charge in [-0.2, -0.15) is 0 Å². The fourth-order valence-corrected chi connectivity index (χ4v) is 1.64. The number of benzene rings is 1. The molecule has 0 amide bonds. The van der Waals surface area contributed by atoms with Crippen molar-refractivity contribution in [3.05, 3.63) is 28.2 Å². The average Bonchev–Trinajstić information content (AvgIpc) is 2.14. The summed E-state index contributed by atoms with van der Waals surface area (Å²) >= 11 is 3.35. The van der Waals surface area contributed by atoms with Crippen LogP contribution in [-0.2, 0) is 0 Å². The van der Waals surface area contributed by atoms with Gasteiger partial charge in [-0.15, -0.1) is 0 Å². The molecule has 1 aromatic carbocycles. The van der Waals surface area contributed by atoms with E-state index in [1.807, 2.05) is 12.1 Å². The van der Waals surface area contributed by atoms with Crippen molar-refractivity contribution in [3.8, 4) is 5.75 Å². The van der Waals surface area contributed by atoms with Crippen molar-refractivity contribution in [2.75, 3.05) is 6.61 Å². The summed E-state index contributed by atoms with van der Waals surface area (Å²) in [6.07, 6.45) is 0. The third-order valence-corrected chi connectivity index (χ3v) is 2.47. The fourth-order valence-electron chi connectivity index (χ4n) is 1.07. The summed E-state index contributed by atoms with van der Waals surface area (Å²) in [4.78, 5) is 0. The first-order chi connectivity index (χ1) is 7.00. The highest BCUT2D eigenvalue weighted by Crippen LogP contribution is 2.23. The van der Waals surface area contributed by atoms with Gasteiger partial charge in [-0.05, 0) is 40.0 Å². The summed E-state index contributed by atoms with van der Waals surface area (Å²) in [5, 5.41) is 7.32. The molecular formula is C11H15BrN2O. The average molecular weight is 271 g/mol. The molecule has 0 unspecified atom stereocenters. The van der Waals surface area contributed by atoms with Crippen LogP contribution in [0.4, 0.5) is 0 Å². The van der Waals surface area contributed by atoms with Crippen LogP contribution in [0.1, 0.15) is 19.4 Å². The number of hydrogen-bond acceptors (Lipinski definition) is 2. The lowest BCUT2D eigenvalue weighted by molar-refractivity contribution is 0.271. The molecule has 0 heterocycles. The largest absolute Gasteiger partial charge is 0.493 e. The van der Waals surface area contributed by atoms with Gasteiger partial charge in [-0.3, -0.25) is 5.41 Å². The Bertz CT molecular complexity index is 364. The summed E-state index contributed by atoms with van der Waals surface area (Å²) in [7, 11) is 0. The molecule has 0 aliphatic carbocycles. The SMILES string of the molecule is CC(C)COc1ccc(C(=N)N)c(Br)c1. The van der Waals surface area contributed by atoms with E-state index >= 15 is 0 Å². The van der Waals surface area contributed by atoms with E-state index in [0.717, 1.165) is 10.2 Å². The molecular weight excluding hydrogens is 256 g/mol. The minimum absolute atomic E-state index is 0.0530. The smallest absolute Gasteiger partial charge is 0.123 e. The molecule has 0 aliphatic rings. The highest BCUT2D eigenvalue weighted by molar-refractivity contribution is 9.10. The van der Waals surface area contributed by atoms with Crippen molar-refractivity contribution >= 4 is 21.8 Å². The molecule has 3 nitrogen and oxygen atoms in total. The summed E-state index contributed by atoms with van der Waals surface area (Å²) in [6.45, 7) is 4.88. The highest BCUT2D eigenvalue weighted by atomic mass is 79.9. The Morgan fingerprint density at radius 3 is 2.67 bits per heavy atom. The van der Waals surface area contributed by atoms with E-state index in [-0.39, 0.29) is 5.84 Å². The van der Waals surface area contributed by atoms with Crippen LogP contribution >= 0.6 is 15.9 Å². The van der Waals surface area contributed by atoms with Crippen LogP contribution in [0.5, 0.6) is 5.75 Å². The van der Waals surface area contributed by atoms with Gasteiger partial charge in [0.1, 0.15) is 11.6 Å². The maximum absolute atomic E-state index is 7.32. The molecule has 0 saturated carbocycles. The topological polar surface area (TPSA) is 59.1 Å². The van der Waals surface area contributed by atoms with Gasteiger partial charge in [-0.1, -0.05) is 13.8 Å². The molecule has 82 valence electrons. The zero-order chi connectivity index (χ0) is 11.4. The Hall–Kier alpha value is -1.03. The van der Waals surface area contributed by atoms with Crippen molar-refractivity contribution < 1.29 is 4.74 Å². The Balaban J connectivity index is 2.78. The number of nitrogens with two attached hydrogens (primary N) is 1. The Morgan fingerprint density at radius 2 is 2.20 bits per heavy atom. The quantitative estimate of drug-likeness (QED) is 0.653. The lowest BCUT2D eigenvalue weighted by Crippen LogP contribution is -2.12. The number of hydrogen-bond donors (Lipinski definition) is 2. The van der Waals surface area contributed by atoms with Gasteiger partial charge in [0.15, 0.2) is 0 Å². The van der Waals surface area contributed by atoms with Crippen molar-refractivity contribution in [2.45, 2.75) is 13.8 Å². The molecule has 0 spiro atoms.